The lowest BCUT2D eigenvalue weighted by atomic mass is 9.91. The van der Waals surface area contributed by atoms with Crippen molar-refractivity contribution in [3.05, 3.63) is 82.4 Å². The minimum atomic E-state index is -0.617. The van der Waals surface area contributed by atoms with Gasteiger partial charge < -0.3 is 18.9 Å². The van der Waals surface area contributed by atoms with Gasteiger partial charge in [-0.25, -0.2) is 13.4 Å². The van der Waals surface area contributed by atoms with Gasteiger partial charge in [-0.1, -0.05) is 6.07 Å². The van der Waals surface area contributed by atoms with E-state index in [-0.39, 0.29) is 6.79 Å². The highest BCUT2D eigenvalue weighted by Crippen LogP contribution is 2.38. The van der Waals surface area contributed by atoms with Gasteiger partial charge in [-0.2, -0.15) is 0 Å². The lowest BCUT2D eigenvalue weighted by molar-refractivity contribution is -0.544. The summed E-state index contributed by atoms with van der Waals surface area (Å²) in [5, 5.41) is 0. The molecule has 3 aromatic rings. The molecule has 2 aliphatic rings. The number of ether oxygens (including phenoxy) is 4. The first-order valence-electron chi connectivity index (χ1n) is 10.3. The zero-order valence-corrected chi connectivity index (χ0v) is 17.8. The standard InChI is InChI=1S/C25H22F2NO4/c1-29-21-5-3-4-16(25(21)30-2)13-28-9-8-15-10-22-23(32-14-31-22)12-19(15)24(28)18-7-6-17(26)11-20(18)27/h3-7,10-12H,8-9,13-14H2,1-2H3/q+1. The molecule has 0 aliphatic carbocycles. The van der Waals surface area contributed by atoms with E-state index >= 15 is 0 Å². The number of para-hydroxylation sites is 1. The monoisotopic (exact) mass is 438 g/mol. The highest BCUT2D eigenvalue weighted by molar-refractivity contribution is 6.11. The summed E-state index contributed by atoms with van der Waals surface area (Å²) in [5.41, 5.74) is 3.77. The van der Waals surface area contributed by atoms with Crippen LogP contribution in [-0.4, -0.2) is 37.8 Å². The van der Waals surface area contributed by atoms with Crippen molar-refractivity contribution in [3.8, 4) is 23.0 Å². The number of nitrogens with zero attached hydrogens (tertiary/aromatic N) is 1. The molecule has 0 unspecified atom stereocenters. The zero-order chi connectivity index (χ0) is 22.2. The van der Waals surface area contributed by atoms with Crippen molar-refractivity contribution in [3.63, 3.8) is 0 Å². The van der Waals surface area contributed by atoms with Gasteiger partial charge in [-0.05, 0) is 42.0 Å². The van der Waals surface area contributed by atoms with Gasteiger partial charge >= 0.3 is 0 Å². The molecule has 0 radical (unpaired) electrons. The van der Waals surface area contributed by atoms with E-state index in [1.807, 2.05) is 30.3 Å². The maximum atomic E-state index is 15.0. The van der Waals surface area contributed by atoms with E-state index in [0.29, 0.717) is 47.4 Å². The Morgan fingerprint density at radius 2 is 1.75 bits per heavy atom. The fourth-order valence-corrected chi connectivity index (χ4v) is 4.39. The van der Waals surface area contributed by atoms with E-state index < -0.39 is 11.6 Å². The van der Waals surface area contributed by atoms with Crippen LogP contribution in [-0.2, 0) is 13.0 Å². The van der Waals surface area contributed by atoms with E-state index in [0.717, 1.165) is 29.2 Å². The van der Waals surface area contributed by atoms with E-state index in [1.165, 1.54) is 12.1 Å². The fourth-order valence-electron chi connectivity index (χ4n) is 4.39. The van der Waals surface area contributed by atoms with Crippen LogP contribution in [0.3, 0.4) is 0 Å². The van der Waals surface area contributed by atoms with Crippen molar-refractivity contribution < 1.29 is 32.3 Å². The Kier molecular flexibility index (Phi) is 5.17. The molecule has 164 valence electrons. The Hall–Kier alpha value is -3.61. The molecule has 5 nitrogen and oxygen atoms in total. The molecule has 0 bridgehead atoms. The number of methoxy groups -OCH3 is 2. The van der Waals surface area contributed by atoms with Crippen LogP contribution in [0.15, 0.2) is 48.5 Å². The maximum absolute atomic E-state index is 15.0. The number of fused-ring (bicyclic) bond motifs is 2. The molecule has 2 heterocycles. The third kappa shape index (κ3) is 3.43. The van der Waals surface area contributed by atoms with Gasteiger partial charge in [0, 0.05) is 12.5 Å². The van der Waals surface area contributed by atoms with Crippen LogP contribution in [0.5, 0.6) is 23.0 Å². The van der Waals surface area contributed by atoms with Crippen LogP contribution >= 0.6 is 0 Å². The van der Waals surface area contributed by atoms with Crippen LogP contribution in [0.1, 0.15) is 22.3 Å². The van der Waals surface area contributed by atoms with Gasteiger partial charge in [0.1, 0.15) is 18.2 Å². The van der Waals surface area contributed by atoms with Crippen LogP contribution in [0, 0.1) is 11.6 Å². The number of rotatable bonds is 5. The Morgan fingerprint density at radius 1 is 0.938 bits per heavy atom. The van der Waals surface area contributed by atoms with Crippen molar-refractivity contribution in [1.82, 2.24) is 0 Å². The summed E-state index contributed by atoms with van der Waals surface area (Å²) in [6.45, 7) is 1.25. The number of halogens is 2. The Bertz CT molecular complexity index is 1240. The second-order valence-corrected chi connectivity index (χ2v) is 7.66. The quantitative estimate of drug-likeness (QED) is 0.557. The molecule has 7 heteroatoms. The molecule has 0 aromatic heterocycles. The third-order valence-electron chi connectivity index (χ3n) is 5.85. The Labute approximate surface area is 184 Å². The topological polar surface area (TPSA) is 39.9 Å². The molecule has 0 fully saturated rings. The first-order valence-corrected chi connectivity index (χ1v) is 10.3. The maximum Gasteiger partial charge on any atom is 0.231 e. The van der Waals surface area contributed by atoms with E-state index in [9.17, 15) is 8.78 Å². The Morgan fingerprint density at radius 3 is 2.50 bits per heavy atom. The summed E-state index contributed by atoms with van der Waals surface area (Å²) in [6.07, 6.45) is 0.741. The highest BCUT2D eigenvalue weighted by Gasteiger charge is 2.33. The third-order valence-corrected chi connectivity index (χ3v) is 5.85. The van der Waals surface area contributed by atoms with Crippen molar-refractivity contribution in [1.29, 1.82) is 0 Å². The van der Waals surface area contributed by atoms with Crippen molar-refractivity contribution in [2.75, 3.05) is 27.6 Å². The Balaban J connectivity index is 1.70. The minimum Gasteiger partial charge on any atom is -0.493 e. The largest absolute Gasteiger partial charge is 0.493 e. The normalized spacial score (nSPS) is 14.4. The molecule has 0 N–H and O–H groups in total. The number of hydrogen-bond donors (Lipinski definition) is 0. The van der Waals surface area contributed by atoms with Crippen molar-refractivity contribution in [2.45, 2.75) is 13.0 Å². The molecule has 0 atom stereocenters. The summed E-state index contributed by atoms with van der Waals surface area (Å²) in [6, 6.07) is 13.2. The molecule has 0 saturated heterocycles. The molecular formula is C25H22F2NO4+. The average molecular weight is 438 g/mol. The lowest BCUT2D eigenvalue weighted by Gasteiger charge is -2.21. The van der Waals surface area contributed by atoms with E-state index in [1.54, 1.807) is 14.2 Å². The van der Waals surface area contributed by atoms with Crippen LogP contribution in [0.2, 0.25) is 0 Å². The molecule has 2 aliphatic heterocycles. The summed E-state index contributed by atoms with van der Waals surface area (Å²) >= 11 is 0. The number of hydrogen-bond acceptors (Lipinski definition) is 4. The summed E-state index contributed by atoms with van der Waals surface area (Å²) in [7, 11) is 3.19. The zero-order valence-electron chi connectivity index (χ0n) is 17.8. The molecule has 0 saturated carbocycles. The van der Waals surface area contributed by atoms with Crippen LogP contribution < -0.4 is 18.9 Å². The van der Waals surface area contributed by atoms with Crippen molar-refractivity contribution >= 4 is 5.71 Å². The van der Waals surface area contributed by atoms with Gasteiger partial charge in [0.05, 0.1) is 30.9 Å². The van der Waals surface area contributed by atoms with Gasteiger partial charge in [-0.15, -0.1) is 0 Å². The fraction of sp³-hybridized carbons (Fsp3) is 0.240. The first-order chi connectivity index (χ1) is 15.6. The van der Waals surface area contributed by atoms with Gasteiger partial charge in [0.2, 0.25) is 12.5 Å². The molecule has 0 spiro atoms. The lowest BCUT2D eigenvalue weighted by Crippen LogP contribution is -2.31. The SMILES string of the molecule is COc1cccc(C[N+]2=C(c3ccc(F)cc3F)c3cc4c(cc3CC2)OCO4)c1OC. The molecule has 3 aromatic carbocycles. The summed E-state index contributed by atoms with van der Waals surface area (Å²) in [4.78, 5) is 0. The second kappa shape index (κ2) is 8.15. The van der Waals surface area contributed by atoms with Gasteiger partial charge in [0.25, 0.3) is 0 Å². The molecular weight excluding hydrogens is 416 g/mol. The summed E-state index contributed by atoms with van der Waals surface area (Å²) in [5.74, 6) is 1.32. The van der Waals surface area contributed by atoms with Gasteiger partial charge in [-0.3, -0.25) is 0 Å². The van der Waals surface area contributed by atoms with Crippen LogP contribution in [0.4, 0.5) is 8.78 Å². The van der Waals surface area contributed by atoms with E-state index in [4.69, 9.17) is 18.9 Å². The first kappa shape index (κ1) is 20.3. The number of benzene rings is 3. The van der Waals surface area contributed by atoms with Crippen LogP contribution in [0.25, 0.3) is 0 Å². The van der Waals surface area contributed by atoms with Gasteiger partial charge in [0.15, 0.2) is 29.5 Å². The molecule has 32 heavy (non-hydrogen) atoms. The van der Waals surface area contributed by atoms with E-state index in [2.05, 4.69) is 4.58 Å². The minimum absolute atomic E-state index is 0.156. The van der Waals surface area contributed by atoms with Crippen molar-refractivity contribution in [2.24, 2.45) is 0 Å². The predicted octanol–water partition coefficient (Wildman–Crippen LogP) is 4.32. The molecule has 0 amide bonds. The molecule has 5 rings (SSSR count). The highest BCUT2D eigenvalue weighted by atomic mass is 19.1. The second-order valence-electron chi connectivity index (χ2n) is 7.66. The average Bonchev–Trinajstić information content (AvgIpc) is 3.25. The summed E-state index contributed by atoms with van der Waals surface area (Å²) < 4.78 is 52.9. The smallest absolute Gasteiger partial charge is 0.231 e. The predicted molar refractivity (Wildman–Crippen MR) is 114 cm³/mol.